The SMILES string of the molecule is CCc1cc(=S)nc(-c2cc(C)c3ccccc3n2)[nH]1. The van der Waals surface area contributed by atoms with E-state index in [1.807, 2.05) is 24.3 Å². The molecule has 4 heteroatoms. The summed E-state index contributed by atoms with van der Waals surface area (Å²) in [5.74, 6) is 0.739. The minimum absolute atomic E-state index is 0.600. The predicted molar refractivity (Wildman–Crippen MR) is 84.3 cm³/mol. The number of nitrogens with zero attached hydrogens (tertiary/aromatic N) is 2. The second kappa shape index (κ2) is 5.13. The molecule has 20 heavy (non-hydrogen) atoms. The number of rotatable bonds is 2. The molecule has 0 saturated heterocycles. The number of aromatic nitrogens is 3. The van der Waals surface area contributed by atoms with Gasteiger partial charge in [-0.3, -0.25) is 0 Å². The van der Waals surface area contributed by atoms with Crippen LogP contribution in [0.15, 0.2) is 36.4 Å². The van der Waals surface area contributed by atoms with E-state index in [-0.39, 0.29) is 0 Å². The molecule has 0 bridgehead atoms. The van der Waals surface area contributed by atoms with Crippen LogP contribution in [-0.2, 0) is 6.42 Å². The molecule has 0 atom stereocenters. The van der Waals surface area contributed by atoms with Gasteiger partial charge in [-0.05, 0) is 37.1 Å². The van der Waals surface area contributed by atoms with Crippen molar-refractivity contribution in [1.82, 2.24) is 15.0 Å². The lowest BCUT2D eigenvalue weighted by atomic mass is 10.1. The molecule has 1 aromatic carbocycles. The summed E-state index contributed by atoms with van der Waals surface area (Å²) >= 11 is 5.22. The quantitative estimate of drug-likeness (QED) is 0.715. The molecule has 3 aromatic rings. The van der Waals surface area contributed by atoms with Gasteiger partial charge in [0, 0.05) is 11.1 Å². The topological polar surface area (TPSA) is 41.6 Å². The van der Waals surface area contributed by atoms with Crippen molar-refractivity contribution in [3.63, 3.8) is 0 Å². The smallest absolute Gasteiger partial charge is 0.157 e. The fourth-order valence-corrected chi connectivity index (χ4v) is 2.52. The van der Waals surface area contributed by atoms with E-state index in [0.717, 1.165) is 29.1 Å². The van der Waals surface area contributed by atoms with Crippen LogP contribution in [0.1, 0.15) is 18.2 Å². The van der Waals surface area contributed by atoms with Gasteiger partial charge in [-0.1, -0.05) is 37.3 Å². The van der Waals surface area contributed by atoms with Gasteiger partial charge in [0.15, 0.2) is 5.82 Å². The fourth-order valence-electron chi connectivity index (χ4n) is 2.29. The Labute approximate surface area is 122 Å². The van der Waals surface area contributed by atoms with E-state index in [0.29, 0.717) is 4.64 Å². The van der Waals surface area contributed by atoms with E-state index in [4.69, 9.17) is 12.2 Å². The van der Waals surface area contributed by atoms with Crippen LogP contribution >= 0.6 is 12.2 Å². The fraction of sp³-hybridized carbons (Fsp3) is 0.188. The highest BCUT2D eigenvalue weighted by molar-refractivity contribution is 7.71. The van der Waals surface area contributed by atoms with E-state index in [9.17, 15) is 0 Å². The number of benzene rings is 1. The molecule has 3 nitrogen and oxygen atoms in total. The molecule has 0 unspecified atom stereocenters. The molecule has 100 valence electrons. The molecule has 0 fully saturated rings. The van der Waals surface area contributed by atoms with Crippen LogP contribution in [0, 0.1) is 11.6 Å². The normalized spacial score (nSPS) is 10.9. The van der Waals surface area contributed by atoms with Crippen LogP contribution in [0.25, 0.3) is 22.4 Å². The summed E-state index contributed by atoms with van der Waals surface area (Å²) in [5.41, 5.74) is 4.08. The van der Waals surface area contributed by atoms with Crippen molar-refractivity contribution in [2.45, 2.75) is 20.3 Å². The lowest BCUT2D eigenvalue weighted by molar-refractivity contribution is 0.993. The first-order chi connectivity index (χ1) is 9.67. The van der Waals surface area contributed by atoms with E-state index in [1.165, 1.54) is 10.9 Å². The van der Waals surface area contributed by atoms with Crippen LogP contribution in [-0.4, -0.2) is 15.0 Å². The standard InChI is InChI=1S/C16H15N3S/c1-3-11-9-15(20)19-16(17-11)14-8-10(2)12-6-4-5-7-13(12)18-14/h4-9H,3H2,1-2H3,(H,17,19,20). The third-order valence-corrected chi connectivity index (χ3v) is 3.55. The van der Waals surface area contributed by atoms with Crippen molar-refractivity contribution in [3.8, 4) is 11.5 Å². The van der Waals surface area contributed by atoms with Gasteiger partial charge >= 0.3 is 0 Å². The van der Waals surface area contributed by atoms with Gasteiger partial charge < -0.3 is 4.98 Å². The van der Waals surface area contributed by atoms with Crippen LogP contribution in [0.2, 0.25) is 0 Å². The molecule has 2 aromatic heterocycles. The Bertz CT molecular complexity index is 836. The third-order valence-electron chi connectivity index (χ3n) is 3.35. The van der Waals surface area contributed by atoms with Crippen LogP contribution < -0.4 is 0 Å². The highest BCUT2D eigenvalue weighted by Crippen LogP contribution is 2.22. The third kappa shape index (κ3) is 2.34. The molecule has 2 heterocycles. The Morgan fingerprint density at radius 3 is 2.75 bits per heavy atom. The molecule has 0 radical (unpaired) electrons. The number of H-pyrrole nitrogens is 1. The largest absolute Gasteiger partial charge is 0.342 e. The Morgan fingerprint density at radius 2 is 1.95 bits per heavy atom. The molecule has 0 aliphatic rings. The van der Waals surface area contributed by atoms with Gasteiger partial charge in [-0.25, -0.2) is 9.97 Å². The summed E-state index contributed by atoms with van der Waals surface area (Å²) in [4.78, 5) is 12.4. The number of para-hydroxylation sites is 1. The van der Waals surface area contributed by atoms with Crippen LogP contribution in [0.4, 0.5) is 0 Å². The van der Waals surface area contributed by atoms with E-state index in [2.05, 4.69) is 40.9 Å². The number of pyridine rings is 1. The number of aryl methyl sites for hydroxylation is 2. The number of hydrogen-bond acceptors (Lipinski definition) is 3. The van der Waals surface area contributed by atoms with Crippen LogP contribution in [0.3, 0.4) is 0 Å². The zero-order valence-corrected chi connectivity index (χ0v) is 12.3. The van der Waals surface area contributed by atoms with E-state index < -0.39 is 0 Å². The molecular formula is C16H15N3S. The molecule has 3 rings (SSSR count). The zero-order chi connectivity index (χ0) is 14.1. The molecule has 0 saturated carbocycles. The Kier molecular flexibility index (Phi) is 3.32. The Hall–Kier alpha value is -2.07. The maximum atomic E-state index is 5.22. The first-order valence-electron chi connectivity index (χ1n) is 6.64. The van der Waals surface area contributed by atoms with Gasteiger partial charge in [-0.2, -0.15) is 0 Å². The molecular weight excluding hydrogens is 266 g/mol. The average molecular weight is 281 g/mol. The van der Waals surface area contributed by atoms with Gasteiger partial charge in [0.05, 0.1) is 5.52 Å². The summed E-state index contributed by atoms with van der Waals surface area (Å²) in [5, 5.41) is 1.17. The monoisotopic (exact) mass is 281 g/mol. The first-order valence-corrected chi connectivity index (χ1v) is 7.05. The lowest BCUT2D eigenvalue weighted by Gasteiger charge is -2.07. The summed E-state index contributed by atoms with van der Waals surface area (Å²) in [6, 6.07) is 12.1. The number of aromatic amines is 1. The van der Waals surface area contributed by atoms with E-state index in [1.54, 1.807) is 0 Å². The number of nitrogens with one attached hydrogen (secondary N) is 1. The van der Waals surface area contributed by atoms with E-state index >= 15 is 0 Å². The molecule has 1 N–H and O–H groups in total. The summed E-state index contributed by atoms with van der Waals surface area (Å²) < 4.78 is 0.600. The van der Waals surface area contributed by atoms with Crippen molar-refractivity contribution in [2.24, 2.45) is 0 Å². The maximum absolute atomic E-state index is 5.22. The number of fused-ring (bicyclic) bond motifs is 1. The minimum atomic E-state index is 0.600. The second-order valence-electron chi connectivity index (χ2n) is 4.79. The average Bonchev–Trinajstić information content (AvgIpc) is 2.46. The van der Waals surface area contributed by atoms with Crippen molar-refractivity contribution in [2.75, 3.05) is 0 Å². The summed E-state index contributed by atoms with van der Waals surface area (Å²) in [6.07, 6.45) is 0.895. The number of hydrogen-bond donors (Lipinski definition) is 1. The highest BCUT2D eigenvalue weighted by atomic mass is 32.1. The highest BCUT2D eigenvalue weighted by Gasteiger charge is 2.07. The molecule has 0 spiro atoms. The van der Waals surface area contributed by atoms with Crippen molar-refractivity contribution in [1.29, 1.82) is 0 Å². The first kappa shape index (κ1) is 12.9. The molecule has 0 aliphatic carbocycles. The molecule has 0 amide bonds. The summed E-state index contributed by atoms with van der Waals surface area (Å²) in [6.45, 7) is 4.18. The Balaban J connectivity index is 2.24. The summed E-state index contributed by atoms with van der Waals surface area (Å²) in [7, 11) is 0. The van der Waals surface area contributed by atoms with Gasteiger partial charge in [0.25, 0.3) is 0 Å². The predicted octanol–water partition coefficient (Wildman–Crippen LogP) is 4.23. The van der Waals surface area contributed by atoms with Gasteiger partial charge in [-0.15, -0.1) is 0 Å². The van der Waals surface area contributed by atoms with Gasteiger partial charge in [0.1, 0.15) is 10.3 Å². The van der Waals surface area contributed by atoms with Crippen molar-refractivity contribution in [3.05, 3.63) is 52.3 Å². The molecule has 0 aliphatic heterocycles. The second-order valence-corrected chi connectivity index (χ2v) is 5.21. The zero-order valence-electron chi connectivity index (χ0n) is 11.5. The van der Waals surface area contributed by atoms with Crippen LogP contribution in [0.5, 0.6) is 0 Å². The lowest BCUT2D eigenvalue weighted by Crippen LogP contribution is -1.97. The van der Waals surface area contributed by atoms with Crippen molar-refractivity contribution >= 4 is 23.1 Å². The van der Waals surface area contributed by atoms with Gasteiger partial charge in [0.2, 0.25) is 0 Å². The Morgan fingerprint density at radius 1 is 1.15 bits per heavy atom. The maximum Gasteiger partial charge on any atom is 0.157 e. The minimum Gasteiger partial charge on any atom is -0.342 e. The van der Waals surface area contributed by atoms with Crippen molar-refractivity contribution < 1.29 is 0 Å².